The number of hydrogen-bond donors (Lipinski definition) is 2. The monoisotopic (exact) mass is 308 g/mol. The minimum Gasteiger partial charge on any atom is -0.469 e. The first-order valence-electron chi connectivity index (χ1n) is 5.89. The zero-order chi connectivity index (χ0) is 16.2. The Hall–Kier alpha value is -2.26. The van der Waals surface area contributed by atoms with Gasteiger partial charge in [-0.15, -0.1) is 0 Å². The van der Waals surface area contributed by atoms with Gasteiger partial charge >= 0.3 is 12.1 Å². The number of H-pyrrole nitrogens is 1. The van der Waals surface area contributed by atoms with Gasteiger partial charge in [-0.05, 0) is 6.92 Å². The third kappa shape index (κ3) is 4.65. The molecule has 0 bridgehead atoms. The number of ether oxygens (including phenoxy) is 1. The number of methoxy groups -OCH3 is 1. The molecular weight excluding hydrogens is 293 g/mol. The molecule has 21 heavy (non-hydrogen) atoms. The van der Waals surface area contributed by atoms with Gasteiger partial charge in [-0.1, -0.05) is 0 Å². The van der Waals surface area contributed by atoms with Gasteiger partial charge in [0, 0.05) is 6.54 Å². The van der Waals surface area contributed by atoms with Crippen LogP contribution in [-0.2, 0) is 9.53 Å². The van der Waals surface area contributed by atoms with Gasteiger partial charge in [-0.2, -0.15) is 18.3 Å². The van der Waals surface area contributed by atoms with Crippen molar-refractivity contribution in [1.82, 2.24) is 15.1 Å². The van der Waals surface area contributed by atoms with Gasteiger partial charge < -0.3 is 15.4 Å². The fraction of sp³-hybridized carbons (Fsp3) is 0.545. The Labute approximate surface area is 118 Å². The Bertz CT molecular complexity index is 527. The van der Waals surface area contributed by atoms with Gasteiger partial charge in [0.05, 0.1) is 24.9 Å². The number of esters is 1. The molecule has 0 atom stereocenters. The van der Waals surface area contributed by atoms with E-state index in [4.69, 9.17) is 5.73 Å². The summed E-state index contributed by atoms with van der Waals surface area (Å²) in [5.41, 5.74) is 5.62. The number of nitrogens with zero attached hydrogens (tertiary/aromatic N) is 2. The summed E-state index contributed by atoms with van der Waals surface area (Å²) in [4.78, 5) is 23.6. The topological polar surface area (TPSA) is 101 Å². The number of carbonyl (C=O) groups is 2. The van der Waals surface area contributed by atoms with Crippen molar-refractivity contribution in [3.63, 3.8) is 0 Å². The third-order valence-electron chi connectivity index (χ3n) is 2.67. The summed E-state index contributed by atoms with van der Waals surface area (Å²) >= 11 is 0. The largest absolute Gasteiger partial charge is 0.469 e. The lowest BCUT2D eigenvalue weighted by atomic mass is 10.2. The van der Waals surface area contributed by atoms with E-state index in [0.717, 1.165) is 7.11 Å². The van der Waals surface area contributed by atoms with E-state index in [-0.39, 0.29) is 17.8 Å². The van der Waals surface area contributed by atoms with E-state index in [0.29, 0.717) is 10.6 Å². The molecule has 0 radical (unpaired) electrons. The molecule has 1 aromatic rings. The van der Waals surface area contributed by atoms with Gasteiger partial charge in [-0.3, -0.25) is 14.7 Å². The quantitative estimate of drug-likeness (QED) is 0.786. The molecular formula is C11H15F3N4O3. The van der Waals surface area contributed by atoms with E-state index in [2.05, 4.69) is 14.9 Å². The highest BCUT2D eigenvalue weighted by molar-refractivity contribution is 5.97. The van der Waals surface area contributed by atoms with E-state index in [1.54, 1.807) is 0 Å². The van der Waals surface area contributed by atoms with Crippen LogP contribution < -0.4 is 5.73 Å². The SMILES string of the molecule is COC(=O)CCN(CC(F)(F)F)C(=O)c1n[nH]c(C)c1N. The Balaban J connectivity index is 2.92. The van der Waals surface area contributed by atoms with E-state index >= 15 is 0 Å². The molecule has 1 heterocycles. The number of hydrogen-bond acceptors (Lipinski definition) is 5. The summed E-state index contributed by atoms with van der Waals surface area (Å²) in [6.45, 7) is -0.424. The fourth-order valence-corrected chi connectivity index (χ4v) is 1.55. The lowest BCUT2D eigenvalue weighted by molar-refractivity contribution is -0.147. The molecule has 10 heteroatoms. The number of aromatic nitrogens is 2. The van der Waals surface area contributed by atoms with Gasteiger partial charge in [0.25, 0.3) is 5.91 Å². The number of alkyl halides is 3. The average Bonchev–Trinajstić information content (AvgIpc) is 2.72. The molecule has 7 nitrogen and oxygen atoms in total. The second-order valence-electron chi connectivity index (χ2n) is 4.28. The first-order valence-corrected chi connectivity index (χ1v) is 5.89. The number of anilines is 1. The standard InChI is InChI=1S/C11H15F3N4O3/c1-6-8(15)9(17-16-6)10(20)18(5-11(12,13)14)4-3-7(19)21-2/h3-5,15H2,1-2H3,(H,16,17). The van der Waals surface area contributed by atoms with E-state index in [1.165, 1.54) is 6.92 Å². The predicted molar refractivity (Wildman–Crippen MR) is 66.3 cm³/mol. The van der Waals surface area contributed by atoms with Crippen molar-refractivity contribution in [2.45, 2.75) is 19.5 Å². The van der Waals surface area contributed by atoms with Crippen molar-refractivity contribution in [2.24, 2.45) is 0 Å². The smallest absolute Gasteiger partial charge is 0.406 e. The molecule has 0 saturated carbocycles. The summed E-state index contributed by atoms with van der Waals surface area (Å²) in [5, 5.41) is 6.00. The Morgan fingerprint density at radius 3 is 2.48 bits per heavy atom. The van der Waals surface area contributed by atoms with E-state index in [1.807, 2.05) is 0 Å². The number of rotatable bonds is 5. The number of halogens is 3. The first kappa shape index (κ1) is 16.8. The number of aromatic amines is 1. The van der Waals surface area contributed by atoms with Crippen molar-refractivity contribution in [3.8, 4) is 0 Å². The molecule has 0 aliphatic carbocycles. The normalized spacial score (nSPS) is 11.3. The number of nitrogens with two attached hydrogens (primary N) is 1. The van der Waals surface area contributed by atoms with Crippen LogP contribution in [0.1, 0.15) is 22.6 Å². The van der Waals surface area contributed by atoms with Crippen LogP contribution in [-0.4, -0.2) is 53.3 Å². The molecule has 0 spiro atoms. The van der Waals surface area contributed by atoms with Gasteiger partial charge in [0.1, 0.15) is 6.54 Å². The van der Waals surface area contributed by atoms with Crippen molar-refractivity contribution in [3.05, 3.63) is 11.4 Å². The minimum absolute atomic E-state index is 0.0229. The van der Waals surface area contributed by atoms with Crippen LogP contribution in [0.5, 0.6) is 0 Å². The van der Waals surface area contributed by atoms with Crippen LogP contribution in [0, 0.1) is 6.92 Å². The van der Waals surface area contributed by atoms with Crippen LogP contribution in [0.2, 0.25) is 0 Å². The Kier molecular flexibility index (Phi) is 5.17. The fourth-order valence-electron chi connectivity index (χ4n) is 1.55. The summed E-state index contributed by atoms with van der Waals surface area (Å²) in [5.74, 6) is -1.72. The Morgan fingerprint density at radius 1 is 1.43 bits per heavy atom. The highest BCUT2D eigenvalue weighted by Crippen LogP contribution is 2.20. The second-order valence-corrected chi connectivity index (χ2v) is 4.28. The zero-order valence-corrected chi connectivity index (χ0v) is 11.5. The maximum atomic E-state index is 12.5. The molecule has 1 aromatic heterocycles. The average molecular weight is 308 g/mol. The number of nitrogens with one attached hydrogen (secondary N) is 1. The van der Waals surface area contributed by atoms with Gasteiger partial charge in [-0.25, -0.2) is 0 Å². The summed E-state index contributed by atoms with van der Waals surface area (Å²) in [6, 6.07) is 0. The van der Waals surface area contributed by atoms with Crippen LogP contribution in [0.4, 0.5) is 18.9 Å². The minimum atomic E-state index is -4.61. The first-order chi connectivity index (χ1) is 9.65. The molecule has 1 amide bonds. The lowest BCUT2D eigenvalue weighted by Gasteiger charge is -2.22. The number of aryl methyl sites for hydroxylation is 1. The van der Waals surface area contributed by atoms with Crippen molar-refractivity contribution < 1.29 is 27.5 Å². The van der Waals surface area contributed by atoms with Crippen LogP contribution in [0.25, 0.3) is 0 Å². The number of amides is 1. The molecule has 0 aromatic carbocycles. The van der Waals surface area contributed by atoms with Crippen molar-refractivity contribution in [2.75, 3.05) is 25.9 Å². The molecule has 0 fully saturated rings. The lowest BCUT2D eigenvalue weighted by Crippen LogP contribution is -2.40. The van der Waals surface area contributed by atoms with Crippen LogP contribution in [0.15, 0.2) is 0 Å². The van der Waals surface area contributed by atoms with Crippen LogP contribution >= 0.6 is 0 Å². The van der Waals surface area contributed by atoms with Crippen molar-refractivity contribution in [1.29, 1.82) is 0 Å². The van der Waals surface area contributed by atoms with E-state index < -0.39 is 31.1 Å². The molecule has 0 saturated heterocycles. The number of nitrogen functional groups attached to an aromatic ring is 1. The summed E-state index contributed by atoms with van der Waals surface area (Å²) in [7, 11) is 1.10. The van der Waals surface area contributed by atoms with Crippen molar-refractivity contribution >= 4 is 17.6 Å². The maximum Gasteiger partial charge on any atom is 0.406 e. The molecule has 1 rings (SSSR count). The predicted octanol–water partition coefficient (Wildman–Crippen LogP) is 0.868. The molecule has 3 N–H and O–H groups in total. The van der Waals surface area contributed by atoms with Gasteiger partial charge in [0.2, 0.25) is 0 Å². The number of carbonyl (C=O) groups excluding carboxylic acids is 2. The summed E-state index contributed by atoms with van der Waals surface area (Å²) < 4.78 is 41.9. The Morgan fingerprint density at radius 2 is 2.05 bits per heavy atom. The molecule has 0 aliphatic rings. The highest BCUT2D eigenvalue weighted by atomic mass is 19.4. The third-order valence-corrected chi connectivity index (χ3v) is 2.67. The zero-order valence-electron chi connectivity index (χ0n) is 11.5. The molecule has 0 unspecified atom stereocenters. The summed E-state index contributed by atoms with van der Waals surface area (Å²) in [6.07, 6.45) is -4.96. The van der Waals surface area contributed by atoms with E-state index in [9.17, 15) is 22.8 Å². The molecule has 0 aliphatic heterocycles. The highest BCUT2D eigenvalue weighted by Gasteiger charge is 2.34. The maximum absolute atomic E-state index is 12.5. The van der Waals surface area contributed by atoms with Gasteiger partial charge in [0.15, 0.2) is 5.69 Å². The van der Waals surface area contributed by atoms with Crippen LogP contribution in [0.3, 0.4) is 0 Å². The second kappa shape index (κ2) is 6.46. The molecule has 118 valence electrons.